The van der Waals surface area contributed by atoms with Gasteiger partial charge in [0.25, 0.3) is 0 Å². The van der Waals surface area contributed by atoms with E-state index in [1.165, 1.54) is 0 Å². The predicted molar refractivity (Wildman–Crippen MR) is 95.6 cm³/mol. The largest absolute Gasteiger partial charge is 0.386 e. The molecule has 1 heterocycles. The van der Waals surface area contributed by atoms with Crippen LogP contribution >= 0.6 is 0 Å². The summed E-state index contributed by atoms with van der Waals surface area (Å²) in [5.41, 5.74) is 1.39. The Morgan fingerprint density at radius 3 is 2.77 bits per heavy atom. The molecule has 0 spiro atoms. The molecule has 1 saturated carbocycles. The van der Waals surface area contributed by atoms with Gasteiger partial charge in [-0.3, -0.25) is 9.59 Å². The number of aliphatic hydroxyl groups excluding tert-OH is 1. The second-order valence-corrected chi connectivity index (χ2v) is 6.70. The van der Waals surface area contributed by atoms with Crippen molar-refractivity contribution in [2.45, 2.75) is 31.9 Å². The minimum Gasteiger partial charge on any atom is -0.386 e. The van der Waals surface area contributed by atoms with Gasteiger partial charge in [0, 0.05) is 24.8 Å². The van der Waals surface area contributed by atoms with Gasteiger partial charge in [0.1, 0.15) is 12.7 Å². The Bertz CT molecular complexity index is 629. The number of carbonyl (C=O) groups is 2. The molecular formula is C19H26N2O5. The molecule has 1 aromatic carbocycles. The lowest BCUT2D eigenvalue weighted by Gasteiger charge is -2.38. The van der Waals surface area contributed by atoms with E-state index in [-0.39, 0.29) is 30.9 Å². The summed E-state index contributed by atoms with van der Waals surface area (Å²) in [6.07, 6.45) is 1.04. The summed E-state index contributed by atoms with van der Waals surface area (Å²) in [6, 6.07) is 6.63. The van der Waals surface area contributed by atoms with Gasteiger partial charge in [-0.05, 0) is 37.5 Å². The van der Waals surface area contributed by atoms with E-state index < -0.39 is 12.1 Å². The highest BCUT2D eigenvalue weighted by molar-refractivity contribution is 5.94. The van der Waals surface area contributed by atoms with Crippen LogP contribution in [0.2, 0.25) is 0 Å². The quantitative estimate of drug-likeness (QED) is 0.681. The number of aliphatic hydroxyl groups is 1. The average Bonchev–Trinajstić information content (AvgIpc) is 3.48. The van der Waals surface area contributed by atoms with Gasteiger partial charge in [0.2, 0.25) is 11.8 Å². The lowest BCUT2D eigenvalue weighted by molar-refractivity contribution is -0.155. The molecule has 2 amide bonds. The highest BCUT2D eigenvalue weighted by Crippen LogP contribution is 2.30. The lowest BCUT2D eigenvalue weighted by Crippen LogP contribution is -2.53. The summed E-state index contributed by atoms with van der Waals surface area (Å²) in [7, 11) is 0. The van der Waals surface area contributed by atoms with Crippen molar-refractivity contribution in [1.82, 2.24) is 4.90 Å². The number of rotatable bonds is 8. The summed E-state index contributed by atoms with van der Waals surface area (Å²) in [5, 5.41) is 13.6. The van der Waals surface area contributed by atoms with Crippen molar-refractivity contribution in [1.29, 1.82) is 0 Å². The maximum atomic E-state index is 12.2. The molecule has 142 valence electrons. The first kappa shape index (κ1) is 18.8. The first-order valence-electron chi connectivity index (χ1n) is 9.14. The Morgan fingerprint density at radius 1 is 1.38 bits per heavy atom. The van der Waals surface area contributed by atoms with Gasteiger partial charge >= 0.3 is 0 Å². The van der Waals surface area contributed by atoms with Crippen molar-refractivity contribution in [2.24, 2.45) is 5.92 Å². The van der Waals surface area contributed by atoms with Gasteiger partial charge in [-0.2, -0.15) is 0 Å². The molecule has 1 aromatic rings. The van der Waals surface area contributed by atoms with Crippen molar-refractivity contribution < 1.29 is 24.2 Å². The van der Waals surface area contributed by atoms with Crippen LogP contribution in [0.15, 0.2) is 24.3 Å². The molecule has 3 rings (SSSR count). The lowest BCUT2D eigenvalue weighted by atomic mass is 10.00. The zero-order valence-electron chi connectivity index (χ0n) is 15.0. The first-order valence-corrected chi connectivity index (χ1v) is 9.14. The van der Waals surface area contributed by atoms with Gasteiger partial charge in [-0.15, -0.1) is 0 Å². The van der Waals surface area contributed by atoms with Gasteiger partial charge in [0.05, 0.1) is 19.3 Å². The fraction of sp³-hybridized carbons (Fsp3) is 0.579. The van der Waals surface area contributed by atoms with Gasteiger partial charge < -0.3 is 24.8 Å². The molecular weight excluding hydrogens is 336 g/mol. The van der Waals surface area contributed by atoms with Crippen LogP contribution in [0, 0.1) is 5.92 Å². The van der Waals surface area contributed by atoms with Crippen molar-refractivity contribution in [2.75, 3.05) is 38.3 Å². The van der Waals surface area contributed by atoms with Crippen molar-refractivity contribution in [3.05, 3.63) is 29.8 Å². The van der Waals surface area contributed by atoms with Crippen molar-refractivity contribution in [3.63, 3.8) is 0 Å². The summed E-state index contributed by atoms with van der Waals surface area (Å²) in [4.78, 5) is 25.6. The van der Waals surface area contributed by atoms with E-state index in [2.05, 4.69) is 5.32 Å². The molecule has 1 aliphatic heterocycles. The van der Waals surface area contributed by atoms with Crippen LogP contribution in [-0.2, 0) is 19.1 Å². The molecule has 1 saturated heterocycles. The number of hydrogen-bond donors (Lipinski definition) is 2. The van der Waals surface area contributed by atoms with Crippen LogP contribution in [-0.4, -0.2) is 60.8 Å². The summed E-state index contributed by atoms with van der Waals surface area (Å²) < 4.78 is 10.7. The number of carbonyl (C=O) groups excluding carboxylic acids is 2. The summed E-state index contributed by atoms with van der Waals surface area (Å²) >= 11 is 0. The van der Waals surface area contributed by atoms with Gasteiger partial charge in [-0.25, -0.2) is 0 Å². The molecule has 0 unspecified atom stereocenters. The standard InChI is InChI=1S/C19H26N2O5/c1-2-25-10-9-21-16(11-26-12-17(21)22)18(23)13-5-7-15(8-6-13)20-19(24)14-3-4-14/h5-8,14,16,18,23H,2-4,9-12H2,1H3,(H,20,24)/t16-,18-/m1/s1. The highest BCUT2D eigenvalue weighted by Gasteiger charge is 2.34. The average molecular weight is 362 g/mol. The maximum Gasteiger partial charge on any atom is 0.249 e. The van der Waals surface area contributed by atoms with E-state index in [1.54, 1.807) is 29.2 Å². The zero-order valence-corrected chi connectivity index (χ0v) is 15.0. The second-order valence-electron chi connectivity index (χ2n) is 6.70. The minimum absolute atomic E-state index is 0.0292. The van der Waals surface area contributed by atoms with Crippen LogP contribution in [0.4, 0.5) is 5.69 Å². The Morgan fingerprint density at radius 2 is 2.12 bits per heavy atom. The van der Waals surface area contributed by atoms with Crippen LogP contribution in [0.1, 0.15) is 31.4 Å². The second kappa shape index (κ2) is 8.62. The molecule has 26 heavy (non-hydrogen) atoms. The molecule has 0 radical (unpaired) electrons. The third-order valence-electron chi connectivity index (χ3n) is 4.75. The number of amides is 2. The van der Waals surface area contributed by atoms with Gasteiger partial charge in [-0.1, -0.05) is 12.1 Å². The Labute approximate surface area is 153 Å². The fourth-order valence-electron chi connectivity index (χ4n) is 3.06. The number of hydrogen-bond acceptors (Lipinski definition) is 5. The number of anilines is 1. The van der Waals surface area contributed by atoms with Crippen molar-refractivity contribution in [3.8, 4) is 0 Å². The first-order chi connectivity index (χ1) is 12.6. The third kappa shape index (κ3) is 4.60. The highest BCUT2D eigenvalue weighted by atomic mass is 16.5. The number of nitrogens with one attached hydrogen (secondary N) is 1. The van der Waals surface area contributed by atoms with Crippen LogP contribution in [0.5, 0.6) is 0 Å². The number of benzene rings is 1. The molecule has 0 bridgehead atoms. The van der Waals surface area contributed by atoms with E-state index in [9.17, 15) is 14.7 Å². The van der Waals surface area contributed by atoms with E-state index in [4.69, 9.17) is 9.47 Å². The van der Waals surface area contributed by atoms with E-state index >= 15 is 0 Å². The van der Waals surface area contributed by atoms with Crippen LogP contribution < -0.4 is 5.32 Å². The molecule has 7 heteroatoms. The van der Waals surface area contributed by atoms with E-state index in [0.717, 1.165) is 12.8 Å². The normalized spacial score (nSPS) is 21.5. The Hall–Kier alpha value is -1.96. The minimum atomic E-state index is -0.867. The maximum absolute atomic E-state index is 12.2. The monoisotopic (exact) mass is 362 g/mol. The molecule has 2 aliphatic rings. The van der Waals surface area contributed by atoms with E-state index in [0.29, 0.717) is 31.0 Å². The molecule has 2 atom stereocenters. The van der Waals surface area contributed by atoms with Crippen molar-refractivity contribution >= 4 is 17.5 Å². The molecule has 2 N–H and O–H groups in total. The molecule has 1 aliphatic carbocycles. The van der Waals surface area contributed by atoms with Gasteiger partial charge in [0.15, 0.2) is 0 Å². The number of nitrogens with zero attached hydrogens (tertiary/aromatic N) is 1. The zero-order chi connectivity index (χ0) is 18.5. The molecule has 7 nitrogen and oxygen atoms in total. The van der Waals surface area contributed by atoms with Crippen LogP contribution in [0.25, 0.3) is 0 Å². The predicted octanol–water partition coefficient (Wildman–Crippen LogP) is 1.33. The topological polar surface area (TPSA) is 88.1 Å². The summed E-state index contributed by atoms with van der Waals surface area (Å²) in [6.45, 7) is 3.64. The SMILES string of the molecule is CCOCCN1C(=O)COC[C@@H]1[C@H](O)c1ccc(NC(=O)C2CC2)cc1. The Balaban J connectivity index is 1.64. The number of morpholine rings is 1. The molecule has 0 aromatic heterocycles. The van der Waals surface area contributed by atoms with E-state index in [1.807, 2.05) is 6.92 Å². The van der Waals surface area contributed by atoms with Crippen LogP contribution in [0.3, 0.4) is 0 Å². The Kier molecular flexibility index (Phi) is 6.24. The third-order valence-corrected chi connectivity index (χ3v) is 4.75. The number of ether oxygens (including phenoxy) is 2. The summed E-state index contributed by atoms with van der Waals surface area (Å²) in [5.74, 6) is 0.0459. The molecule has 2 fully saturated rings. The fourth-order valence-corrected chi connectivity index (χ4v) is 3.06. The smallest absolute Gasteiger partial charge is 0.249 e.